The minimum atomic E-state index is 0. The molecular formula is C11H12KN. The molecule has 1 aromatic rings. The molecule has 0 spiro atoms. The summed E-state index contributed by atoms with van der Waals surface area (Å²) in [5.74, 6) is 0. The first-order chi connectivity index (χ1) is 5.62. The van der Waals surface area contributed by atoms with Crippen molar-refractivity contribution < 1.29 is 51.4 Å². The zero-order chi connectivity index (χ0) is 8.77. The Labute approximate surface area is 122 Å². The van der Waals surface area contributed by atoms with Gasteiger partial charge in [0.05, 0.1) is 0 Å². The van der Waals surface area contributed by atoms with E-state index in [0.29, 0.717) is 0 Å². The zero-order valence-corrected chi connectivity index (χ0v) is 11.6. The first-order valence-corrected chi connectivity index (χ1v) is 4.09. The van der Waals surface area contributed by atoms with Gasteiger partial charge < -0.3 is 5.32 Å². The molecule has 1 nitrogen and oxygen atoms in total. The van der Waals surface area contributed by atoms with Gasteiger partial charge in [0.2, 0.25) is 0 Å². The summed E-state index contributed by atoms with van der Waals surface area (Å²) in [6.07, 6.45) is 0. The molecule has 0 atom stereocenters. The summed E-state index contributed by atoms with van der Waals surface area (Å²) in [6, 6.07) is 9.07. The van der Waals surface area contributed by atoms with Crippen LogP contribution in [0.5, 0.6) is 0 Å². The number of benzene rings is 1. The summed E-state index contributed by atoms with van der Waals surface area (Å²) in [7, 11) is 0. The average molecular weight is 197 g/mol. The number of hydrogen-bond donors (Lipinski definition) is 1. The summed E-state index contributed by atoms with van der Waals surface area (Å²) >= 11 is 0. The fourth-order valence-electron chi connectivity index (χ4n) is 1.54. The van der Waals surface area contributed by atoms with Crippen LogP contribution in [0.4, 0.5) is 5.69 Å². The van der Waals surface area contributed by atoms with Crippen LogP contribution in [0.25, 0.3) is 0 Å². The molecule has 0 unspecified atom stereocenters. The smallest absolute Gasteiger partial charge is 0.382 e. The Morgan fingerprint density at radius 1 is 1.46 bits per heavy atom. The first kappa shape index (κ1) is 11.5. The molecular weight excluding hydrogens is 185 g/mol. The van der Waals surface area contributed by atoms with Gasteiger partial charge in [0.1, 0.15) is 0 Å². The minimum Gasteiger partial charge on any atom is -0.382 e. The largest absolute Gasteiger partial charge is 1.00 e. The fourth-order valence-corrected chi connectivity index (χ4v) is 1.54. The first-order valence-electron chi connectivity index (χ1n) is 4.09. The van der Waals surface area contributed by atoms with E-state index in [9.17, 15) is 0 Å². The van der Waals surface area contributed by atoms with Gasteiger partial charge in [-0.1, -0.05) is 26.1 Å². The zero-order valence-electron chi connectivity index (χ0n) is 8.44. The number of rotatable bonds is 0. The standard InChI is InChI=1S/C11H12N.K/c1-8-11(2,3)9-6-4-5-7-10(9)12-8;/h5-7,12H,1H2,2-3H3;/q-1;+1. The molecule has 1 aromatic carbocycles. The maximum atomic E-state index is 4.00. The molecule has 0 amide bonds. The topological polar surface area (TPSA) is 12.0 Å². The molecule has 2 heteroatoms. The third-order valence-electron chi connectivity index (χ3n) is 2.58. The van der Waals surface area contributed by atoms with Crippen molar-refractivity contribution in [3.8, 4) is 0 Å². The molecule has 0 aliphatic carbocycles. The van der Waals surface area contributed by atoms with Crippen molar-refractivity contribution in [1.29, 1.82) is 0 Å². The van der Waals surface area contributed by atoms with Gasteiger partial charge in [0.25, 0.3) is 0 Å². The van der Waals surface area contributed by atoms with Crippen LogP contribution in [0.3, 0.4) is 0 Å². The van der Waals surface area contributed by atoms with Crippen LogP contribution >= 0.6 is 0 Å². The molecule has 0 radical (unpaired) electrons. The molecule has 1 N–H and O–H groups in total. The SMILES string of the molecule is C=C1Nc2cc[c-]cc2C1(C)C.[K+]. The Hall–Kier alpha value is 0.396. The Morgan fingerprint density at radius 3 is 2.77 bits per heavy atom. The molecule has 0 fully saturated rings. The second-order valence-electron chi connectivity index (χ2n) is 3.70. The van der Waals surface area contributed by atoms with E-state index in [1.54, 1.807) is 0 Å². The van der Waals surface area contributed by atoms with Crippen molar-refractivity contribution >= 4 is 5.69 Å². The molecule has 1 aliphatic rings. The molecule has 0 aromatic heterocycles. The number of hydrogen-bond acceptors (Lipinski definition) is 1. The quantitative estimate of drug-likeness (QED) is 0.445. The Kier molecular flexibility index (Phi) is 3.41. The third-order valence-corrected chi connectivity index (χ3v) is 2.58. The summed E-state index contributed by atoms with van der Waals surface area (Å²) in [5.41, 5.74) is 3.57. The van der Waals surface area contributed by atoms with E-state index < -0.39 is 0 Å². The van der Waals surface area contributed by atoms with E-state index in [2.05, 4.69) is 31.8 Å². The predicted octanol–water partition coefficient (Wildman–Crippen LogP) is -0.292. The van der Waals surface area contributed by atoms with E-state index in [-0.39, 0.29) is 56.8 Å². The van der Waals surface area contributed by atoms with Gasteiger partial charge in [-0.2, -0.15) is 18.2 Å². The van der Waals surface area contributed by atoms with Crippen LogP contribution in [0.2, 0.25) is 0 Å². The van der Waals surface area contributed by atoms with Crippen LogP contribution in [0.15, 0.2) is 30.5 Å². The van der Waals surface area contributed by atoms with Crippen LogP contribution in [0, 0.1) is 6.07 Å². The van der Waals surface area contributed by atoms with Crippen LogP contribution < -0.4 is 56.7 Å². The molecule has 13 heavy (non-hydrogen) atoms. The summed E-state index contributed by atoms with van der Waals surface area (Å²) in [4.78, 5) is 0. The average Bonchev–Trinajstić information content (AvgIpc) is 2.25. The second kappa shape index (κ2) is 3.87. The minimum absolute atomic E-state index is 0. The molecule has 1 heterocycles. The van der Waals surface area contributed by atoms with Crippen LogP contribution in [-0.4, -0.2) is 0 Å². The van der Waals surface area contributed by atoms with Crippen molar-refractivity contribution in [2.45, 2.75) is 19.3 Å². The summed E-state index contributed by atoms with van der Waals surface area (Å²) in [5, 5.41) is 3.27. The van der Waals surface area contributed by atoms with Crippen molar-refractivity contribution in [3.05, 3.63) is 42.1 Å². The van der Waals surface area contributed by atoms with Gasteiger partial charge >= 0.3 is 51.4 Å². The molecule has 0 saturated heterocycles. The molecule has 0 bridgehead atoms. The van der Waals surface area contributed by atoms with E-state index in [4.69, 9.17) is 0 Å². The van der Waals surface area contributed by atoms with Crippen molar-refractivity contribution in [3.63, 3.8) is 0 Å². The normalized spacial score (nSPS) is 17.2. The van der Waals surface area contributed by atoms with Gasteiger partial charge in [-0.25, -0.2) is 0 Å². The maximum absolute atomic E-state index is 4.00. The number of allylic oxidation sites excluding steroid dienone is 1. The van der Waals surface area contributed by atoms with Gasteiger partial charge in [-0.3, -0.25) is 0 Å². The van der Waals surface area contributed by atoms with Crippen LogP contribution in [0.1, 0.15) is 19.4 Å². The van der Waals surface area contributed by atoms with Crippen molar-refractivity contribution in [2.24, 2.45) is 0 Å². The molecule has 1 aliphatic heterocycles. The molecule has 0 saturated carbocycles. The molecule has 62 valence electrons. The maximum Gasteiger partial charge on any atom is 1.00 e. The predicted molar refractivity (Wildman–Crippen MR) is 51.1 cm³/mol. The van der Waals surface area contributed by atoms with E-state index in [0.717, 1.165) is 5.70 Å². The van der Waals surface area contributed by atoms with E-state index in [1.165, 1.54) is 11.3 Å². The second-order valence-corrected chi connectivity index (χ2v) is 3.70. The van der Waals surface area contributed by atoms with Crippen molar-refractivity contribution in [1.82, 2.24) is 0 Å². The van der Waals surface area contributed by atoms with Gasteiger partial charge in [0.15, 0.2) is 0 Å². The number of fused-ring (bicyclic) bond motifs is 1. The Morgan fingerprint density at radius 2 is 2.15 bits per heavy atom. The van der Waals surface area contributed by atoms with Gasteiger partial charge in [-0.05, 0) is 5.41 Å². The number of nitrogens with one attached hydrogen (secondary N) is 1. The summed E-state index contributed by atoms with van der Waals surface area (Å²) in [6.45, 7) is 8.33. The summed E-state index contributed by atoms with van der Waals surface area (Å²) < 4.78 is 0. The van der Waals surface area contributed by atoms with E-state index >= 15 is 0 Å². The van der Waals surface area contributed by atoms with Gasteiger partial charge in [-0.15, -0.1) is 11.6 Å². The van der Waals surface area contributed by atoms with E-state index in [1.807, 2.05) is 18.2 Å². The Bertz CT molecular complexity index is 342. The fraction of sp³-hybridized carbons (Fsp3) is 0.273. The Balaban J connectivity index is 0.000000845. The number of anilines is 1. The van der Waals surface area contributed by atoms with Crippen LogP contribution in [-0.2, 0) is 5.41 Å². The van der Waals surface area contributed by atoms with Crippen molar-refractivity contribution in [2.75, 3.05) is 5.32 Å². The van der Waals surface area contributed by atoms with Gasteiger partial charge in [0, 0.05) is 5.70 Å². The molecule has 2 rings (SSSR count). The third kappa shape index (κ3) is 1.79. The monoisotopic (exact) mass is 197 g/mol.